The first kappa shape index (κ1) is 22.1. The Bertz CT molecular complexity index is 1150. The van der Waals surface area contributed by atoms with Crippen LogP contribution in [0.1, 0.15) is 18.2 Å². The van der Waals surface area contributed by atoms with Gasteiger partial charge in [-0.3, -0.25) is 0 Å². The van der Waals surface area contributed by atoms with E-state index in [1.54, 1.807) is 12.1 Å². The number of hydrogen-bond acceptors (Lipinski definition) is 8. The van der Waals surface area contributed by atoms with Gasteiger partial charge >= 0.3 is 0 Å². The van der Waals surface area contributed by atoms with Crippen LogP contribution in [0.25, 0.3) is 10.9 Å². The molecule has 3 aromatic rings. The lowest BCUT2D eigenvalue weighted by molar-refractivity contribution is 0.0159. The van der Waals surface area contributed by atoms with Crippen molar-refractivity contribution in [1.29, 1.82) is 0 Å². The number of hydrogen-bond donors (Lipinski definition) is 4. The Morgan fingerprint density at radius 2 is 2.06 bits per heavy atom. The third-order valence-corrected chi connectivity index (χ3v) is 6.16. The lowest BCUT2D eigenvalue weighted by atomic mass is 10.0. The summed E-state index contributed by atoms with van der Waals surface area (Å²) < 4.78 is 25.3. The minimum atomic E-state index is -0.476. The summed E-state index contributed by atoms with van der Waals surface area (Å²) in [6, 6.07) is 8.11. The van der Waals surface area contributed by atoms with Crippen LogP contribution < -0.4 is 26.4 Å². The Balaban J connectivity index is 1.43. The molecule has 2 aliphatic heterocycles. The molecule has 2 fully saturated rings. The number of benzene rings is 2. The largest absolute Gasteiger partial charge is 0.491 e. The number of nitrogens with one attached hydrogen (secondary N) is 3. The van der Waals surface area contributed by atoms with Crippen LogP contribution in [-0.2, 0) is 4.74 Å². The van der Waals surface area contributed by atoms with E-state index in [-0.39, 0.29) is 17.0 Å². The van der Waals surface area contributed by atoms with Crippen LogP contribution in [0.3, 0.4) is 0 Å². The Morgan fingerprint density at radius 1 is 1.18 bits per heavy atom. The maximum atomic E-state index is 13.6. The summed E-state index contributed by atoms with van der Waals surface area (Å²) in [6.07, 6.45) is 0.907. The summed E-state index contributed by atoms with van der Waals surface area (Å²) in [4.78, 5) is 9.53. The van der Waals surface area contributed by atoms with Crippen LogP contribution in [0, 0.1) is 5.82 Å². The zero-order valence-electron chi connectivity index (χ0n) is 18.0. The number of halogens is 2. The molecule has 5 N–H and O–H groups in total. The minimum absolute atomic E-state index is 0.0362. The van der Waals surface area contributed by atoms with Crippen molar-refractivity contribution in [2.75, 3.05) is 50.4 Å². The second-order valence-corrected chi connectivity index (χ2v) is 8.69. The number of rotatable bonds is 7. The van der Waals surface area contributed by atoms with E-state index in [4.69, 9.17) is 36.8 Å². The molecule has 1 atom stereocenters. The molecule has 0 bridgehead atoms. The number of nitrogen functional groups attached to an aromatic ring is 1. The molecule has 10 heteroatoms. The van der Waals surface area contributed by atoms with Crippen molar-refractivity contribution < 1.29 is 13.9 Å². The molecule has 2 saturated heterocycles. The summed E-state index contributed by atoms with van der Waals surface area (Å²) in [7, 11) is 0. The first-order valence-electron chi connectivity index (χ1n) is 11.1. The van der Waals surface area contributed by atoms with E-state index < -0.39 is 5.82 Å². The van der Waals surface area contributed by atoms with E-state index in [1.807, 2.05) is 6.07 Å². The summed E-state index contributed by atoms with van der Waals surface area (Å²) in [5.74, 6) is 1.65. The molecular weight excluding hydrogens is 447 g/mol. The molecule has 1 aromatic heterocycles. The van der Waals surface area contributed by atoms with Crippen molar-refractivity contribution in [1.82, 2.24) is 20.6 Å². The Kier molecular flexibility index (Phi) is 6.45. The topological polar surface area (TPSA) is 106 Å². The van der Waals surface area contributed by atoms with Gasteiger partial charge in [-0.25, -0.2) is 14.4 Å². The Labute approximate surface area is 196 Å². The highest BCUT2D eigenvalue weighted by Gasteiger charge is 2.24. The minimum Gasteiger partial charge on any atom is -0.491 e. The van der Waals surface area contributed by atoms with Gasteiger partial charge in [0.05, 0.1) is 35.5 Å². The van der Waals surface area contributed by atoms with Crippen LogP contribution in [0.4, 0.5) is 21.6 Å². The predicted octanol–water partition coefficient (Wildman–Crippen LogP) is 3.19. The number of anilines is 3. The standard InChI is InChI=1S/C23H26ClFN6O2/c24-17-7-14(1-2-18(17)25)29-23-16-8-19(26)21(33-5-3-15-12-27-4-6-32-15)9-20(16)30-22(31-23)13-10-28-11-13/h1-2,7-9,13,15,27-28H,3-6,10-12,26H2,(H,29,30,31). The molecular formula is C23H26ClFN6O2. The molecule has 0 spiro atoms. The molecule has 174 valence electrons. The summed E-state index contributed by atoms with van der Waals surface area (Å²) in [5.41, 5.74) is 8.16. The van der Waals surface area contributed by atoms with Gasteiger partial charge in [0.15, 0.2) is 0 Å². The molecule has 1 unspecified atom stereocenters. The van der Waals surface area contributed by atoms with Crippen LogP contribution in [0.2, 0.25) is 5.02 Å². The number of morpholine rings is 1. The van der Waals surface area contributed by atoms with Crippen molar-refractivity contribution in [2.24, 2.45) is 0 Å². The zero-order chi connectivity index (χ0) is 22.8. The van der Waals surface area contributed by atoms with Gasteiger partial charge in [-0.15, -0.1) is 0 Å². The van der Waals surface area contributed by atoms with Crippen LogP contribution in [-0.4, -0.2) is 55.5 Å². The molecule has 0 aliphatic carbocycles. The van der Waals surface area contributed by atoms with Gasteiger partial charge in [0.25, 0.3) is 0 Å². The molecule has 0 saturated carbocycles. The quantitative estimate of drug-likeness (QED) is 0.388. The van der Waals surface area contributed by atoms with Crippen LogP contribution in [0.5, 0.6) is 5.75 Å². The molecule has 3 heterocycles. The first-order valence-corrected chi connectivity index (χ1v) is 11.4. The normalized spacial score (nSPS) is 18.8. The second kappa shape index (κ2) is 9.64. The van der Waals surface area contributed by atoms with Gasteiger partial charge < -0.3 is 31.2 Å². The Morgan fingerprint density at radius 3 is 2.79 bits per heavy atom. The maximum absolute atomic E-state index is 13.6. The average molecular weight is 473 g/mol. The van der Waals surface area contributed by atoms with E-state index in [2.05, 4.69) is 16.0 Å². The van der Waals surface area contributed by atoms with Gasteiger partial charge in [-0.1, -0.05) is 11.6 Å². The fourth-order valence-electron chi connectivity index (χ4n) is 3.88. The number of nitrogens with zero attached hydrogens (tertiary/aromatic N) is 2. The lowest BCUT2D eigenvalue weighted by Crippen LogP contribution is -2.40. The van der Waals surface area contributed by atoms with Crippen molar-refractivity contribution in [3.8, 4) is 5.75 Å². The third-order valence-electron chi connectivity index (χ3n) is 5.88. The average Bonchev–Trinajstić information content (AvgIpc) is 2.77. The molecule has 0 radical (unpaired) electrons. The van der Waals surface area contributed by atoms with Crippen molar-refractivity contribution in [2.45, 2.75) is 18.4 Å². The summed E-state index contributed by atoms with van der Waals surface area (Å²) in [6.45, 7) is 4.56. The monoisotopic (exact) mass is 472 g/mol. The first-order chi connectivity index (χ1) is 16.1. The van der Waals surface area contributed by atoms with Gasteiger partial charge in [0, 0.05) is 55.7 Å². The van der Waals surface area contributed by atoms with E-state index in [9.17, 15) is 4.39 Å². The van der Waals surface area contributed by atoms with Crippen molar-refractivity contribution >= 4 is 39.7 Å². The van der Waals surface area contributed by atoms with Gasteiger partial charge in [0.2, 0.25) is 0 Å². The number of ether oxygens (including phenoxy) is 2. The molecule has 5 rings (SSSR count). The predicted molar refractivity (Wildman–Crippen MR) is 127 cm³/mol. The number of nitrogens with two attached hydrogens (primary N) is 1. The zero-order valence-corrected chi connectivity index (χ0v) is 18.8. The van der Waals surface area contributed by atoms with Crippen LogP contribution in [0.15, 0.2) is 30.3 Å². The SMILES string of the molecule is Nc1cc2c(Nc3ccc(F)c(Cl)c3)nc(C3CNC3)nc2cc1OCCC1CNCCO1. The van der Waals surface area contributed by atoms with Gasteiger partial charge in [-0.2, -0.15) is 0 Å². The Hall–Kier alpha value is -2.72. The highest BCUT2D eigenvalue weighted by atomic mass is 35.5. The highest BCUT2D eigenvalue weighted by Crippen LogP contribution is 2.34. The number of fused-ring (bicyclic) bond motifs is 1. The van der Waals surface area contributed by atoms with Gasteiger partial charge in [-0.05, 0) is 24.3 Å². The second-order valence-electron chi connectivity index (χ2n) is 8.28. The fraction of sp³-hybridized carbons (Fsp3) is 0.391. The van der Waals surface area contributed by atoms with Crippen LogP contribution >= 0.6 is 11.6 Å². The number of aromatic nitrogens is 2. The smallest absolute Gasteiger partial charge is 0.144 e. The fourth-order valence-corrected chi connectivity index (χ4v) is 4.06. The molecule has 2 aromatic carbocycles. The van der Waals surface area contributed by atoms with E-state index >= 15 is 0 Å². The van der Waals surface area contributed by atoms with E-state index in [0.29, 0.717) is 36.2 Å². The van der Waals surface area contributed by atoms with E-state index in [1.165, 1.54) is 12.1 Å². The molecule has 8 nitrogen and oxygen atoms in total. The van der Waals surface area contributed by atoms with E-state index in [0.717, 1.165) is 49.3 Å². The highest BCUT2D eigenvalue weighted by molar-refractivity contribution is 6.31. The summed E-state index contributed by atoms with van der Waals surface area (Å²) >= 11 is 5.96. The molecule has 33 heavy (non-hydrogen) atoms. The van der Waals surface area contributed by atoms with Crippen molar-refractivity contribution in [3.63, 3.8) is 0 Å². The van der Waals surface area contributed by atoms with Gasteiger partial charge in [0.1, 0.15) is 23.2 Å². The molecule has 2 aliphatic rings. The summed E-state index contributed by atoms with van der Waals surface area (Å²) in [5, 5.41) is 10.6. The maximum Gasteiger partial charge on any atom is 0.144 e. The third kappa shape index (κ3) is 4.96. The molecule has 0 amide bonds. The lowest BCUT2D eigenvalue weighted by Gasteiger charge is -2.26. The van der Waals surface area contributed by atoms with Crippen molar-refractivity contribution in [3.05, 3.63) is 47.0 Å².